The van der Waals surface area contributed by atoms with Crippen molar-refractivity contribution >= 4 is 33.8 Å². The molecule has 0 bridgehead atoms. The molecule has 0 fully saturated rings. The number of carbonyl (C=O) groups is 1. The van der Waals surface area contributed by atoms with E-state index in [0.29, 0.717) is 4.47 Å². The normalized spacial score (nSPS) is 9.12. The average molecular weight is 308 g/mol. The van der Waals surface area contributed by atoms with Gasteiger partial charge in [0.1, 0.15) is 5.82 Å². The Morgan fingerprint density at radius 3 is 2.50 bits per heavy atom. The molecule has 0 saturated heterocycles. The first-order chi connectivity index (χ1) is 7.56. The van der Waals surface area contributed by atoms with Crippen molar-refractivity contribution in [2.24, 2.45) is 0 Å². The zero-order valence-electron chi connectivity index (χ0n) is 9.73. The molecule has 1 rings (SSSR count). The summed E-state index contributed by atoms with van der Waals surface area (Å²) in [6.45, 7) is 5.80. The third-order valence-corrected chi connectivity index (χ3v) is 2.93. The van der Waals surface area contributed by atoms with Crippen LogP contribution in [0.2, 0.25) is 0 Å². The second kappa shape index (κ2) is 7.68. The Hall–Kier alpha value is -0.550. The quantitative estimate of drug-likeness (QED) is 0.839. The molecule has 0 aliphatic carbocycles. The number of hydrogen-bond acceptors (Lipinski definition) is 2. The van der Waals surface area contributed by atoms with Gasteiger partial charge in [0.15, 0.2) is 0 Å². The maximum atomic E-state index is 13.3. The third-order valence-electron chi connectivity index (χ3n) is 1.69. The Kier molecular flexibility index (Phi) is 7.42. The summed E-state index contributed by atoms with van der Waals surface area (Å²) in [5.74, 6) is -0.931. The van der Waals surface area contributed by atoms with Crippen LogP contribution in [0.3, 0.4) is 0 Å². The topological polar surface area (TPSA) is 29.1 Å². The van der Waals surface area contributed by atoms with E-state index in [1.807, 2.05) is 13.8 Å². The number of amides is 1. The van der Waals surface area contributed by atoms with Crippen LogP contribution in [0.5, 0.6) is 0 Å². The van der Waals surface area contributed by atoms with Crippen LogP contribution in [-0.4, -0.2) is 12.2 Å². The van der Waals surface area contributed by atoms with Gasteiger partial charge in [-0.1, -0.05) is 41.7 Å². The lowest BCUT2D eigenvalue weighted by molar-refractivity contribution is 0.0980. The van der Waals surface area contributed by atoms with Gasteiger partial charge >= 0.3 is 0 Å². The molecule has 0 aromatic heterocycles. The standard InChI is InChI=1S/C9H9BrFNOS.C2H6/c1-5-3-6(9(13)12-14-2)8(11)4-7(5)10;1-2/h3-4H,1-2H3,(H,12,13);1-2H3. The maximum Gasteiger partial charge on any atom is 0.264 e. The molecule has 1 aromatic rings. The van der Waals surface area contributed by atoms with Gasteiger partial charge in [-0.2, -0.15) is 0 Å². The fourth-order valence-electron chi connectivity index (χ4n) is 0.979. The molecule has 16 heavy (non-hydrogen) atoms. The summed E-state index contributed by atoms with van der Waals surface area (Å²) in [4.78, 5) is 11.3. The van der Waals surface area contributed by atoms with E-state index in [-0.39, 0.29) is 5.56 Å². The average Bonchev–Trinajstić information content (AvgIpc) is 2.26. The molecule has 5 heteroatoms. The van der Waals surface area contributed by atoms with Crippen molar-refractivity contribution in [3.05, 3.63) is 33.5 Å². The SMILES string of the molecule is CC.CSNC(=O)c1cc(C)c(Br)cc1F. The molecular weight excluding hydrogens is 293 g/mol. The molecule has 0 saturated carbocycles. The summed E-state index contributed by atoms with van der Waals surface area (Å²) in [5, 5.41) is 0. The van der Waals surface area contributed by atoms with E-state index >= 15 is 0 Å². The molecule has 0 radical (unpaired) electrons. The van der Waals surface area contributed by atoms with E-state index in [1.165, 1.54) is 12.1 Å². The maximum absolute atomic E-state index is 13.3. The molecule has 0 aliphatic heterocycles. The van der Waals surface area contributed by atoms with Crippen molar-refractivity contribution < 1.29 is 9.18 Å². The van der Waals surface area contributed by atoms with Crippen LogP contribution >= 0.6 is 27.9 Å². The van der Waals surface area contributed by atoms with E-state index < -0.39 is 11.7 Å². The zero-order chi connectivity index (χ0) is 12.7. The van der Waals surface area contributed by atoms with Crippen molar-refractivity contribution in [3.8, 4) is 0 Å². The second-order valence-electron chi connectivity index (χ2n) is 2.72. The highest BCUT2D eigenvalue weighted by molar-refractivity contribution is 9.10. The smallest absolute Gasteiger partial charge is 0.264 e. The first-order valence-corrected chi connectivity index (χ1v) is 6.87. The van der Waals surface area contributed by atoms with E-state index in [0.717, 1.165) is 17.5 Å². The number of carbonyl (C=O) groups excluding carboxylic acids is 1. The van der Waals surface area contributed by atoms with Crippen LogP contribution in [-0.2, 0) is 0 Å². The van der Waals surface area contributed by atoms with Gasteiger partial charge in [-0.25, -0.2) is 4.39 Å². The minimum atomic E-state index is -0.519. The van der Waals surface area contributed by atoms with Crippen LogP contribution in [0.1, 0.15) is 29.8 Å². The largest absolute Gasteiger partial charge is 0.296 e. The first-order valence-electron chi connectivity index (χ1n) is 4.85. The van der Waals surface area contributed by atoms with Crippen LogP contribution in [0, 0.1) is 12.7 Å². The highest BCUT2D eigenvalue weighted by atomic mass is 79.9. The monoisotopic (exact) mass is 307 g/mol. The molecule has 0 aliphatic rings. The van der Waals surface area contributed by atoms with Crippen molar-refractivity contribution in [1.82, 2.24) is 4.72 Å². The highest BCUT2D eigenvalue weighted by Crippen LogP contribution is 2.20. The molecule has 0 spiro atoms. The predicted octanol–water partition coefficient (Wildman–Crippen LogP) is 3.93. The van der Waals surface area contributed by atoms with Crippen molar-refractivity contribution in [2.45, 2.75) is 20.8 Å². The number of aryl methyl sites for hydroxylation is 1. The van der Waals surface area contributed by atoms with Gasteiger partial charge in [0, 0.05) is 10.7 Å². The summed E-state index contributed by atoms with van der Waals surface area (Å²) >= 11 is 4.34. The molecule has 0 unspecified atom stereocenters. The Labute approximate surface area is 108 Å². The van der Waals surface area contributed by atoms with Gasteiger partial charge in [0.2, 0.25) is 0 Å². The Morgan fingerprint density at radius 2 is 2.00 bits per heavy atom. The fourth-order valence-corrected chi connectivity index (χ4v) is 1.59. The van der Waals surface area contributed by atoms with E-state index in [9.17, 15) is 9.18 Å². The lowest BCUT2D eigenvalue weighted by Gasteiger charge is -2.05. The van der Waals surface area contributed by atoms with Gasteiger partial charge in [0.25, 0.3) is 5.91 Å². The second-order valence-corrected chi connectivity index (χ2v) is 4.18. The summed E-state index contributed by atoms with van der Waals surface area (Å²) in [7, 11) is 0. The molecular formula is C11H15BrFNOS. The molecule has 90 valence electrons. The van der Waals surface area contributed by atoms with Crippen LogP contribution in [0.15, 0.2) is 16.6 Å². The molecule has 1 N–H and O–H groups in total. The van der Waals surface area contributed by atoms with Gasteiger partial charge in [-0.15, -0.1) is 0 Å². The Balaban J connectivity index is 0.00000106. The lowest BCUT2D eigenvalue weighted by Crippen LogP contribution is -2.17. The lowest BCUT2D eigenvalue weighted by atomic mass is 10.1. The van der Waals surface area contributed by atoms with Gasteiger partial charge < -0.3 is 0 Å². The van der Waals surface area contributed by atoms with Crippen molar-refractivity contribution in [3.63, 3.8) is 0 Å². The van der Waals surface area contributed by atoms with E-state index in [4.69, 9.17) is 0 Å². The summed E-state index contributed by atoms with van der Waals surface area (Å²) in [6, 6.07) is 2.82. The van der Waals surface area contributed by atoms with Gasteiger partial charge in [-0.05, 0) is 24.6 Å². The summed E-state index contributed by atoms with van der Waals surface area (Å²) < 4.78 is 16.4. The number of benzene rings is 1. The van der Waals surface area contributed by atoms with Gasteiger partial charge in [-0.3, -0.25) is 9.52 Å². The van der Waals surface area contributed by atoms with Crippen LogP contribution in [0.25, 0.3) is 0 Å². The zero-order valence-corrected chi connectivity index (χ0v) is 12.1. The summed E-state index contributed by atoms with van der Waals surface area (Å²) in [6.07, 6.45) is 1.71. The Bertz CT molecular complexity index is 371. The van der Waals surface area contributed by atoms with E-state index in [1.54, 1.807) is 13.2 Å². The van der Waals surface area contributed by atoms with Crippen molar-refractivity contribution in [2.75, 3.05) is 6.26 Å². The molecule has 0 heterocycles. The predicted molar refractivity (Wildman–Crippen MR) is 71.2 cm³/mol. The first kappa shape index (κ1) is 15.4. The Morgan fingerprint density at radius 1 is 1.44 bits per heavy atom. The van der Waals surface area contributed by atoms with Crippen molar-refractivity contribution in [1.29, 1.82) is 0 Å². The molecule has 2 nitrogen and oxygen atoms in total. The van der Waals surface area contributed by atoms with Crippen LogP contribution in [0.4, 0.5) is 4.39 Å². The number of rotatable bonds is 2. The number of hydrogen-bond donors (Lipinski definition) is 1. The summed E-state index contributed by atoms with van der Waals surface area (Å²) in [5.41, 5.74) is 0.901. The van der Waals surface area contributed by atoms with E-state index in [2.05, 4.69) is 20.7 Å². The fraction of sp³-hybridized carbons (Fsp3) is 0.364. The minimum absolute atomic E-state index is 0.0695. The molecule has 1 amide bonds. The third kappa shape index (κ3) is 4.14. The highest BCUT2D eigenvalue weighted by Gasteiger charge is 2.12. The number of halogens is 2. The van der Waals surface area contributed by atoms with Crippen LogP contribution < -0.4 is 4.72 Å². The van der Waals surface area contributed by atoms with Gasteiger partial charge in [0.05, 0.1) is 5.56 Å². The molecule has 0 atom stereocenters. The number of nitrogens with one attached hydrogen (secondary N) is 1. The minimum Gasteiger partial charge on any atom is -0.296 e. The molecule has 1 aromatic carbocycles.